The summed E-state index contributed by atoms with van der Waals surface area (Å²) < 4.78 is 22.4. The highest BCUT2D eigenvalue weighted by molar-refractivity contribution is 7.85. The molecule has 0 bridgehead atoms. The number of para-hydroxylation sites is 1. The Morgan fingerprint density at radius 1 is 0.294 bits per heavy atom. The van der Waals surface area contributed by atoms with Crippen LogP contribution in [-0.2, 0) is 4.57 Å². The van der Waals surface area contributed by atoms with Gasteiger partial charge in [-0.25, -0.2) is 0 Å². The first kappa shape index (κ1) is 29.7. The molecule has 0 aliphatic carbocycles. The Bertz CT molecular complexity index is 2870. The van der Waals surface area contributed by atoms with Gasteiger partial charge in [0.1, 0.15) is 11.2 Å². The lowest BCUT2D eigenvalue weighted by atomic mass is 9.93. The number of hydrogen-bond acceptors (Lipinski definition) is 2. The van der Waals surface area contributed by atoms with Crippen molar-refractivity contribution in [1.82, 2.24) is 0 Å². The van der Waals surface area contributed by atoms with Gasteiger partial charge in [-0.05, 0) is 78.8 Å². The topological polar surface area (TPSA) is 30.2 Å². The zero-order chi connectivity index (χ0) is 33.9. The quantitative estimate of drug-likeness (QED) is 0.135. The summed E-state index contributed by atoms with van der Waals surface area (Å²) in [6, 6.07) is 64.9. The fourth-order valence-corrected chi connectivity index (χ4v) is 10.4. The Balaban J connectivity index is 1.21. The fraction of sp³-hybridized carbons (Fsp3) is 0. The Hall–Kier alpha value is -6.21. The van der Waals surface area contributed by atoms with Crippen molar-refractivity contribution >= 4 is 77.3 Å². The van der Waals surface area contributed by atoms with Gasteiger partial charge >= 0.3 is 0 Å². The Kier molecular flexibility index (Phi) is 6.81. The van der Waals surface area contributed by atoms with Crippen LogP contribution in [0.15, 0.2) is 192 Å². The standard InChI is InChI=1S/C48H31O2P/c49-51(36-23-19-34(20-24-36)32-11-3-1-4-12-32,37-25-21-35(22-26-37)33-13-5-2-6-14-33)38-27-28-41-43(29-38)39-15-7-8-16-40(39)44-30-46-42-17-9-10-18-47(42)50-48(46)31-45(41)44/h1-31H. The van der Waals surface area contributed by atoms with Crippen LogP contribution in [0.25, 0.3) is 76.5 Å². The zero-order valence-electron chi connectivity index (χ0n) is 27.7. The van der Waals surface area contributed by atoms with Crippen molar-refractivity contribution in [2.75, 3.05) is 0 Å². The Morgan fingerprint density at radius 3 is 1.31 bits per heavy atom. The molecular weight excluding hydrogens is 640 g/mol. The summed E-state index contributed by atoms with van der Waals surface area (Å²) in [6.07, 6.45) is 0. The van der Waals surface area contributed by atoms with Crippen molar-refractivity contribution in [1.29, 1.82) is 0 Å². The SMILES string of the molecule is O=P(c1ccc(-c2ccccc2)cc1)(c1ccc(-c2ccccc2)cc1)c1ccc2c(c1)c1ccccc1c1cc3c(cc21)oc1ccccc13. The molecule has 10 rings (SSSR count). The molecule has 0 aliphatic heterocycles. The van der Waals surface area contributed by atoms with E-state index >= 15 is 4.57 Å². The summed E-state index contributed by atoms with van der Waals surface area (Å²) >= 11 is 0. The summed E-state index contributed by atoms with van der Waals surface area (Å²) in [7, 11) is -3.32. The van der Waals surface area contributed by atoms with E-state index in [2.05, 4.69) is 140 Å². The minimum Gasteiger partial charge on any atom is -0.456 e. The average molecular weight is 671 g/mol. The molecule has 0 N–H and O–H groups in total. The van der Waals surface area contributed by atoms with Gasteiger partial charge in [0.25, 0.3) is 0 Å². The molecule has 2 nitrogen and oxygen atoms in total. The van der Waals surface area contributed by atoms with Crippen molar-refractivity contribution < 1.29 is 8.98 Å². The molecule has 3 heteroatoms. The molecule has 0 spiro atoms. The van der Waals surface area contributed by atoms with E-state index in [1.165, 1.54) is 10.8 Å². The average Bonchev–Trinajstić information content (AvgIpc) is 3.58. The monoisotopic (exact) mass is 670 g/mol. The van der Waals surface area contributed by atoms with Crippen LogP contribution in [0.3, 0.4) is 0 Å². The summed E-state index contributed by atoms with van der Waals surface area (Å²) in [5, 5.41) is 11.5. The molecule has 0 radical (unpaired) electrons. The van der Waals surface area contributed by atoms with Crippen molar-refractivity contribution in [2.24, 2.45) is 0 Å². The fourth-order valence-electron chi connectivity index (χ4n) is 7.79. The summed E-state index contributed by atoms with van der Waals surface area (Å²) in [5.74, 6) is 0. The van der Waals surface area contributed by atoms with E-state index in [0.717, 1.165) is 81.7 Å². The van der Waals surface area contributed by atoms with Crippen LogP contribution < -0.4 is 15.9 Å². The van der Waals surface area contributed by atoms with Gasteiger partial charge in [0.15, 0.2) is 7.14 Å². The van der Waals surface area contributed by atoms with Gasteiger partial charge in [0.05, 0.1) is 0 Å². The van der Waals surface area contributed by atoms with E-state index in [9.17, 15) is 0 Å². The first-order valence-electron chi connectivity index (χ1n) is 17.3. The number of fused-ring (bicyclic) bond motifs is 9. The number of benzene rings is 9. The third kappa shape index (κ3) is 4.76. The Labute approximate surface area is 295 Å². The zero-order valence-corrected chi connectivity index (χ0v) is 28.6. The molecule has 0 saturated heterocycles. The van der Waals surface area contributed by atoms with Crippen LogP contribution in [0, 0.1) is 0 Å². The number of hydrogen-bond donors (Lipinski definition) is 0. The van der Waals surface area contributed by atoms with E-state index in [-0.39, 0.29) is 0 Å². The van der Waals surface area contributed by atoms with Crippen molar-refractivity contribution in [3.63, 3.8) is 0 Å². The highest BCUT2D eigenvalue weighted by Gasteiger charge is 2.31. The largest absolute Gasteiger partial charge is 0.456 e. The summed E-state index contributed by atoms with van der Waals surface area (Å²) in [5.41, 5.74) is 6.21. The lowest BCUT2D eigenvalue weighted by Crippen LogP contribution is -2.25. The minimum atomic E-state index is -3.32. The normalized spacial score (nSPS) is 12.0. The molecule has 10 aromatic rings. The maximum Gasteiger partial charge on any atom is 0.171 e. The second-order valence-electron chi connectivity index (χ2n) is 13.2. The van der Waals surface area contributed by atoms with Gasteiger partial charge in [-0.3, -0.25) is 0 Å². The minimum absolute atomic E-state index is 0.808. The number of furan rings is 1. The van der Waals surface area contributed by atoms with Crippen LogP contribution in [-0.4, -0.2) is 0 Å². The molecule has 1 aromatic heterocycles. The summed E-state index contributed by atoms with van der Waals surface area (Å²) in [4.78, 5) is 0. The van der Waals surface area contributed by atoms with E-state index < -0.39 is 7.14 Å². The molecule has 0 fully saturated rings. The predicted molar refractivity (Wildman–Crippen MR) is 217 cm³/mol. The maximum absolute atomic E-state index is 16.0. The van der Waals surface area contributed by atoms with E-state index in [1.807, 2.05) is 48.5 Å². The molecule has 9 aromatic carbocycles. The third-order valence-corrected chi connectivity index (χ3v) is 13.4. The highest BCUT2D eigenvalue weighted by Crippen LogP contribution is 2.46. The van der Waals surface area contributed by atoms with Crippen LogP contribution in [0.5, 0.6) is 0 Å². The van der Waals surface area contributed by atoms with Crippen molar-refractivity contribution in [3.05, 3.63) is 188 Å². The van der Waals surface area contributed by atoms with E-state index in [0.29, 0.717) is 0 Å². The number of rotatable bonds is 5. The lowest BCUT2D eigenvalue weighted by Gasteiger charge is -2.22. The van der Waals surface area contributed by atoms with Crippen LogP contribution in [0.2, 0.25) is 0 Å². The molecule has 0 atom stereocenters. The van der Waals surface area contributed by atoms with Crippen LogP contribution >= 0.6 is 7.14 Å². The van der Waals surface area contributed by atoms with Gasteiger partial charge in [0, 0.05) is 26.7 Å². The van der Waals surface area contributed by atoms with Crippen molar-refractivity contribution in [3.8, 4) is 22.3 Å². The second kappa shape index (κ2) is 11.7. The van der Waals surface area contributed by atoms with Gasteiger partial charge in [-0.1, -0.05) is 164 Å². The second-order valence-corrected chi connectivity index (χ2v) is 16.0. The Morgan fingerprint density at radius 2 is 0.725 bits per heavy atom. The highest BCUT2D eigenvalue weighted by atomic mass is 31.2. The molecule has 0 saturated carbocycles. The van der Waals surface area contributed by atoms with Crippen LogP contribution in [0.1, 0.15) is 0 Å². The van der Waals surface area contributed by atoms with E-state index in [4.69, 9.17) is 4.42 Å². The summed E-state index contributed by atoms with van der Waals surface area (Å²) in [6.45, 7) is 0. The van der Waals surface area contributed by atoms with E-state index in [1.54, 1.807) is 0 Å². The molecule has 240 valence electrons. The first-order chi connectivity index (χ1) is 25.1. The molecule has 1 heterocycles. The first-order valence-corrected chi connectivity index (χ1v) is 19.0. The van der Waals surface area contributed by atoms with Gasteiger partial charge in [-0.15, -0.1) is 0 Å². The molecule has 0 amide bonds. The van der Waals surface area contributed by atoms with Crippen LogP contribution in [0.4, 0.5) is 0 Å². The van der Waals surface area contributed by atoms with Gasteiger partial charge in [0.2, 0.25) is 0 Å². The smallest absolute Gasteiger partial charge is 0.171 e. The maximum atomic E-state index is 16.0. The van der Waals surface area contributed by atoms with Gasteiger partial charge in [-0.2, -0.15) is 0 Å². The molecule has 0 unspecified atom stereocenters. The van der Waals surface area contributed by atoms with Gasteiger partial charge < -0.3 is 8.98 Å². The van der Waals surface area contributed by atoms with Crippen molar-refractivity contribution in [2.45, 2.75) is 0 Å². The third-order valence-electron chi connectivity index (χ3n) is 10.4. The predicted octanol–water partition coefficient (Wildman–Crippen LogP) is 12.0. The lowest BCUT2D eigenvalue weighted by molar-refractivity contribution is 0.592. The molecular formula is C48H31O2P. The molecule has 51 heavy (non-hydrogen) atoms. The molecule has 0 aliphatic rings.